The van der Waals surface area contributed by atoms with E-state index in [1.807, 2.05) is 67.6 Å². The molecule has 0 amide bonds. The van der Waals surface area contributed by atoms with Gasteiger partial charge < -0.3 is 4.98 Å². The maximum Gasteiger partial charge on any atom is 0.266 e. The number of halogens is 1. The predicted molar refractivity (Wildman–Crippen MR) is 95.1 cm³/mol. The number of hydrogen-bond acceptors (Lipinski definition) is 2. The lowest BCUT2D eigenvalue weighted by Crippen LogP contribution is -2.12. The molecule has 0 saturated carbocycles. The molecule has 0 bridgehead atoms. The Morgan fingerprint density at radius 2 is 1.74 bits per heavy atom. The Bertz CT molecular complexity index is 966. The van der Waals surface area contributed by atoms with Crippen LogP contribution in [-0.2, 0) is 0 Å². The molecule has 0 aliphatic heterocycles. The molecule has 3 rings (SSSR count). The van der Waals surface area contributed by atoms with Gasteiger partial charge in [0.05, 0.1) is 0 Å². The van der Waals surface area contributed by atoms with E-state index in [1.54, 1.807) is 0 Å². The molecule has 0 spiro atoms. The van der Waals surface area contributed by atoms with Gasteiger partial charge in [-0.1, -0.05) is 52.3 Å². The Morgan fingerprint density at radius 1 is 1.04 bits per heavy atom. The minimum Gasteiger partial charge on any atom is -0.321 e. The summed E-state index contributed by atoms with van der Waals surface area (Å²) in [5.41, 5.74) is 3.94. The van der Waals surface area contributed by atoms with E-state index in [1.165, 1.54) is 0 Å². The summed E-state index contributed by atoms with van der Waals surface area (Å²) in [6.45, 7) is 1.97. The third kappa shape index (κ3) is 2.96. The number of aromatic amines is 1. The molecule has 3 aromatic rings. The summed E-state index contributed by atoms with van der Waals surface area (Å²) in [5, 5.41) is 9.37. The summed E-state index contributed by atoms with van der Waals surface area (Å²) < 4.78 is 0.969. The Balaban J connectivity index is 2.27. The molecule has 23 heavy (non-hydrogen) atoms. The van der Waals surface area contributed by atoms with Crippen molar-refractivity contribution >= 4 is 15.9 Å². The number of H-pyrrole nitrogens is 1. The van der Waals surface area contributed by atoms with Crippen molar-refractivity contribution in [2.45, 2.75) is 6.92 Å². The van der Waals surface area contributed by atoms with Crippen LogP contribution in [0.15, 0.2) is 63.9 Å². The first-order chi connectivity index (χ1) is 11.1. The smallest absolute Gasteiger partial charge is 0.266 e. The van der Waals surface area contributed by atoms with E-state index in [0.29, 0.717) is 11.3 Å². The molecular formula is C19H13BrN2O. The zero-order valence-electron chi connectivity index (χ0n) is 12.4. The van der Waals surface area contributed by atoms with Gasteiger partial charge in [-0.3, -0.25) is 4.79 Å². The van der Waals surface area contributed by atoms with Gasteiger partial charge >= 0.3 is 0 Å². The quantitative estimate of drug-likeness (QED) is 0.719. The maximum atomic E-state index is 12.3. The highest BCUT2D eigenvalue weighted by molar-refractivity contribution is 9.10. The molecule has 0 fully saturated rings. The van der Waals surface area contributed by atoms with Crippen molar-refractivity contribution in [2.24, 2.45) is 0 Å². The highest BCUT2D eigenvalue weighted by Gasteiger charge is 2.13. The van der Waals surface area contributed by atoms with Crippen molar-refractivity contribution in [1.29, 1.82) is 5.26 Å². The van der Waals surface area contributed by atoms with Crippen LogP contribution in [0.25, 0.3) is 22.4 Å². The summed E-state index contributed by atoms with van der Waals surface area (Å²) in [6.07, 6.45) is 0. The summed E-state index contributed by atoms with van der Waals surface area (Å²) in [5.74, 6) is 0. The van der Waals surface area contributed by atoms with Gasteiger partial charge in [0.25, 0.3) is 5.56 Å². The summed E-state index contributed by atoms with van der Waals surface area (Å²) in [7, 11) is 0. The zero-order chi connectivity index (χ0) is 16.4. The zero-order valence-corrected chi connectivity index (χ0v) is 14.0. The Hall–Kier alpha value is -2.64. The van der Waals surface area contributed by atoms with Crippen LogP contribution in [0.3, 0.4) is 0 Å². The fourth-order valence-corrected chi connectivity index (χ4v) is 2.81. The molecule has 0 atom stereocenters. The van der Waals surface area contributed by atoms with Crippen LogP contribution in [0.4, 0.5) is 0 Å². The Kier molecular flexibility index (Phi) is 4.14. The molecule has 1 aromatic heterocycles. The van der Waals surface area contributed by atoms with Crippen LogP contribution in [0.1, 0.15) is 11.1 Å². The number of nitriles is 1. The number of nitrogens with one attached hydrogen (secondary N) is 1. The van der Waals surface area contributed by atoms with Crippen molar-refractivity contribution in [3.8, 4) is 28.5 Å². The summed E-state index contributed by atoms with van der Waals surface area (Å²) >= 11 is 3.40. The fraction of sp³-hybridized carbons (Fsp3) is 0.0526. The molecule has 0 aliphatic rings. The number of aryl methyl sites for hydroxylation is 1. The normalized spacial score (nSPS) is 10.3. The first-order valence-corrected chi connectivity index (χ1v) is 7.89. The molecular weight excluding hydrogens is 352 g/mol. The van der Waals surface area contributed by atoms with E-state index in [2.05, 4.69) is 20.9 Å². The Morgan fingerprint density at radius 3 is 2.39 bits per heavy atom. The average molecular weight is 365 g/mol. The summed E-state index contributed by atoms with van der Waals surface area (Å²) in [4.78, 5) is 15.1. The minimum atomic E-state index is -0.369. The third-order valence-corrected chi connectivity index (χ3v) is 4.26. The molecule has 1 heterocycles. The minimum absolute atomic E-state index is 0.139. The van der Waals surface area contributed by atoms with Crippen molar-refractivity contribution in [2.75, 3.05) is 0 Å². The van der Waals surface area contributed by atoms with Crippen LogP contribution in [-0.4, -0.2) is 4.98 Å². The summed E-state index contributed by atoms with van der Waals surface area (Å²) in [6, 6.07) is 19.3. The van der Waals surface area contributed by atoms with Gasteiger partial charge in [-0.15, -0.1) is 0 Å². The van der Waals surface area contributed by atoms with Gasteiger partial charge in [0.2, 0.25) is 0 Å². The molecule has 1 N–H and O–H groups in total. The van der Waals surface area contributed by atoms with Crippen molar-refractivity contribution in [1.82, 2.24) is 4.98 Å². The lowest BCUT2D eigenvalue weighted by atomic mass is 9.96. The Labute approximate surface area is 142 Å². The highest BCUT2D eigenvalue weighted by atomic mass is 79.9. The van der Waals surface area contributed by atoms with Crippen LogP contribution < -0.4 is 5.56 Å². The van der Waals surface area contributed by atoms with Crippen molar-refractivity contribution in [3.63, 3.8) is 0 Å². The lowest BCUT2D eigenvalue weighted by Gasteiger charge is -2.10. The molecule has 0 saturated heterocycles. The molecule has 0 radical (unpaired) electrons. The molecule has 4 heteroatoms. The second-order valence-electron chi connectivity index (χ2n) is 5.23. The maximum absolute atomic E-state index is 12.3. The molecule has 0 aliphatic carbocycles. The van der Waals surface area contributed by atoms with Crippen LogP contribution in [0.2, 0.25) is 0 Å². The highest BCUT2D eigenvalue weighted by Crippen LogP contribution is 2.28. The van der Waals surface area contributed by atoms with Crippen molar-refractivity contribution < 1.29 is 0 Å². The van der Waals surface area contributed by atoms with Gasteiger partial charge in [-0.25, -0.2) is 0 Å². The predicted octanol–water partition coefficient (Wildman–Crippen LogP) is 4.65. The standard InChI is InChI=1S/C19H13BrN2O/c1-12-4-2-3-5-15(12)16-10-18(22-19(23)17(16)11-21)13-6-8-14(20)9-7-13/h2-10H,1H3,(H,22,23). The molecule has 0 unspecified atom stereocenters. The number of hydrogen-bond donors (Lipinski definition) is 1. The van der Waals surface area contributed by atoms with E-state index >= 15 is 0 Å². The topological polar surface area (TPSA) is 56.6 Å². The van der Waals surface area contributed by atoms with Crippen molar-refractivity contribution in [3.05, 3.63) is 80.6 Å². The fourth-order valence-electron chi connectivity index (χ4n) is 2.54. The van der Waals surface area contributed by atoms with E-state index < -0.39 is 0 Å². The largest absolute Gasteiger partial charge is 0.321 e. The van der Waals surface area contributed by atoms with Gasteiger partial charge in [-0.05, 0) is 41.8 Å². The van der Waals surface area contributed by atoms with Gasteiger partial charge in [0.15, 0.2) is 0 Å². The number of aromatic nitrogens is 1. The van der Waals surface area contributed by atoms with Gasteiger partial charge in [0, 0.05) is 15.7 Å². The van der Waals surface area contributed by atoms with Crippen LogP contribution in [0, 0.1) is 18.3 Å². The van der Waals surface area contributed by atoms with Crippen LogP contribution in [0.5, 0.6) is 0 Å². The van der Waals surface area contributed by atoms with Gasteiger partial charge in [-0.2, -0.15) is 5.26 Å². The number of nitrogens with zero attached hydrogens (tertiary/aromatic N) is 1. The third-order valence-electron chi connectivity index (χ3n) is 3.74. The second kappa shape index (κ2) is 6.23. The first-order valence-electron chi connectivity index (χ1n) is 7.09. The van der Waals surface area contributed by atoms with Gasteiger partial charge in [0.1, 0.15) is 11.6 Å². The first kappa shape index (κ1) is 15.3. The number of pyridine rings is 1. The van der Waals surface area contributed by atoms with E-state index in [0.717, 1.165) is 21.2 Å². The lowest BCUT2D eigenvalue weighted by molar-refractivity contribution is 1.22. The van der Waals surface area contributed by atoms with E-state index in [4.69, 9.17) is 0 Å². The second-order valence-corrected chi connectivity index (χ2v) is 6.15. The molecule has 2 aromatic carbocycles. The number of benzene rings is 2. The SMILES string of the molecule is Cc1ccccc1-c1cc(-c2ccc(Br)cc2)[nH]c(=O)c1C#N. The van der Waals surface area contributed by atoms with E-state index in [9.17, 15) is 10.1 Å². The van der Waals surface area contributed by atoms with Crippen LogP contribution >= 0.6 is 15.9 Å². The van der Waals surface area contributed by atoms with E-state index in [-0.39, 0.29) is 11.1 Å². The number of rotatable bonds is 2. The molecule has 3 nitrogen and oxygen atoms in total. The molecule has 112 valence electrons. The monoisotopic (exact) mass is 364 g/mol. The average Bonchev–Trinajstić information content (AvgIpc) is 2.55.